The van der Waals surface area contributed by atoms with E-state index in [0.29, 0.717) is 24.5 Å². The van der Waals surface area contributed by atoms with Crippen LogP contribution in [-0.4, -0.2) is 39.7 Å². The second-order valence-electron chi connectivity index (χ2n) is 7.48. The van der Waals surface area contributed by atoms with Crippen LogP contribution >= 0.6 is 0 Å². The van der Waals surface area contributed by atoms with Crippen molar-refractivity contribution in [3.63, 3.8) is 0 Å². The van der Waals surface area contributed by atoms with Crippen LogP contribution in [0.4, 0.5) is 20.7 Å². The van der Waals surface area contributed by atoms with Crippen molar-refractivity contribution in [3.05, 3.63) is 71.2 Å². The molecule has 0 atom stereocenters. The first-order valence-corrected chi connectivity index (χ1v) is 9.31. The van der Waals surface area contributed by atoms with E-state index in [0.717, 1.165) is 17.7 Å². The second kappa shape index (κ2) is 7.56. The van der Waals surface area contributed by atoms with Crippen molar-refractivity contribution in [3.8, 4) is 5.69 Å². The average molecular weight is 394 g/mol. The third-order valence-electron chi connectivity index (χ3n) is 4.84. The van der Waals surface area contributed by atoms with Gasteiger partial charge in [-0.25, -0.2) is 13.9 Å². The highest BCUT2D eigenvalue weighted by atomic mass is 19.1. The van der Waals surface area contributed by atoms with Gasteiger partial charge < -0.3 is 15.5 Å². The molecule has 0 fully saturated rings. The lowest BCUT2D eigenvalue weighted by Crippen LogP contribution is -2.30. The third kappa shape index (κ3) is 4.07. The molecule has 0 unspecified atom stereocenters. The molecule has 1 aromatic heterocycles. The molecular weight excluding hydrogens is 371 g/mol. The minimum atomic E-state index is -0.329. The number of aromatic nitrogens is 2. The van der Waals surface area contributed by atoms with Gasteiger partial charge in [0.2, 0.25) is 0 Å². The number of carbonyl (C=O) groups is 1. The maximum atomic E-state index is 13.1. The summed E-state index contributed by atoms with van der Waals surface area (Å²) in [4.78, 5) is 16.6. The molecule has 29 heavy (non-hydrogen) atoms. The predicted octanol–water partition coefficient (Wildman–Crippen LogP) is 3.20. The van der Waals surface area contributed by atoms with Gasteiger partial charge in [0.25, 0.3) is 0 Å². The summed E-state index contributed by atoms with van der Waals surface area (Å²) < 4.78 is 14.6. The highest BCUT2D eigenvalue weighted by Gasteiger charge is 2.24. The predicted molar refractivity (Wildman–Crippen MR) is 110 cm³/mol. The first-order chi connectivity index (χ1) is 13.9. The molecule has 2 heterocycles. The normalized spacial score (nSPS) is 13.0. The molecule has 2 amide bonds. The number of urea groups is 1. The highest BCUT2D eigenvalue weighted by Crippen LogP contribution is 2.26. The van der Waals surface area contributed by atoms with Crippen molar-refractivity contribution >= 4 is 17.5 Å². The number of nitrogens with zero attached hydrogens (tertiary/aromatic N) is 4. The molecule has 0 saturated carbocycles. The summed E-state index contributed by atoms with van der Waals surface area (Å²) in [6, 6.07) is 12.0. The smallest absolute Gasteiger partial charge is 0.323 e. The number of hydrogen-bond acceptors (Lipinski definition) is 4. The maximum Gasteiger partial charge on any atom is 0.323 e. The van der Waals surface area contributed by atoms with Gasteiger partial charge in [0.1, 0.15) is 5.82 Å². The van der Waals surface area contributed by atoms with E-state index in [1.54, 1.807) is 23.2 Å². The summed E-state index contributed by atoms with van der Waals surface area (Å²) in [7, 11) is 4.06. The molecule has 1 aliphatic rings. The van der Waals surface area contributed by atoms with Crippen molar-refractivity contribution < 1.29 is 9.18 Å². The summed E-state index contributed by atoms with van der Waals surface area (Å²) in [5.41, 5.74) is 10.5. The minimum absolute atomic E-state index is 0.258. The van der Waals surface area contributed by atoms with Crippen molar-refractivity contribution in [1.82, 2.24) is 19.6 Å². The Balaban J connectivity index is 1.45. The molecule has 4 rings (SSSR count). The van der Waals surface area contributed by atoms with E-state index in [-0.39, 0.29) is 17.7 Å². The number of hydrogen-bond donors (Lipinski definition) is 2. The molecule has 7 nitrogen and oxygen atoms in total. The number of nitrogens with one attached hydrogen (secondary N) is 1. The SMILES string of the molecule is CN(C)Cc1ccc2c(c1)CN(C(=O)Nc1nn(-c3ccc(F)cc3)cc1N)C2. The van der Waals surface area contributed by atoms with E-state index in [1.165, 1.54) is 22.4 Å². The van der Waals surface area contributed by atoms with Crippen LogP contribution in [0, 0.1) is 5.82 Å². The average Bonchev–Trinajstić information content (AvgIpc) is 3.25. The number of halogens is 1. The van der Waals surface area contributed by atoms with Crippen molar-refractivity contribution in [1.29, 1.82) is 0 Å². The van der Waals surface area contributed by atoms with Gasteiger partial charge in [-0.2, -0.15) is 0 Å². The van der Waals surface area contributed by atoms with Crippen LogP contribution in [0.5, 0.6) is 0 Å². The van der Waals surface area contributed by atoms with Crippen LogP contribution in [0.2, 0.25) is 0 Å². The summed E-state index contributed by atoms with van der Waals surface area (Å²) in [6.07, 6.45) is 1.59. The van der Waals surface area contributed by atoms with E-state index < -0.39 is 0 Å². The standard InChI is InChI=1S/C21H23FN6O/c1-26(2)10-14-3-4-15-11-27(12-16(15)9-14)21(29)24-20-19(23)13-28(25-20)18-7-5-17(22)6-8-18/h3-9,13H,10-12,23H2,1-2H3,(H,24,25,29). The van der Waals surface area contributed by atoms with E-state index in [1.807, 2.05) is 14.1 Å². The largest absolute Gasteiger partial charge is 0.394 e. The van der Waals surface area contributed by atoms with Crippen molar-refractivity contribution in [2.24, 2.45) is 0 Å². The molecule has 0 saturated heterocycles. The van der Waals surface area contributed by atoms with E-state index in [2.05, 4.69) is 33.5 Å². The molecule has 8 heteroatoms. The van der Waals surface area contributed by atoms with Gasteiger partial charge in [-0.3, -0.25) is 5.32 Å². The fourth-order valence-electron chi connectivity index (χ4n) is 3.45. The Hall–Kier alpha value is -3.39. The van der Waals surface area contributed by atoms with Gasteiger partial charge in [-0.05, 0) is 55.1 Å². The molecule has 150 valence electrons. The number of nitrogen functional groups attached to an aromatic ring is 1. The van der Waals surface area contributed by atoms with E-state index >= 15 is 0 Å². The van der Waals surface area contributed by atoms with Crippen LogP contribution in [0.3, 0.4) is 0 Å². The van der Waals surface area contributed by atoms with Gasteiger partial charge in [-0.15, -0.1) is 5.10 Å². The lowest BCUT2D eigenvalue weighted by atomic mass is 10.1. The van der Waals surface area contributed by atoms with Crippen LogP contribution in [0.15, 0.2) is 48.7 Å². The number of anilines is 2. The van der Waals surface area contributed by atoms with Gasteiger partial charge in [0.15, 0.2) is 5.82 Å². The number of benzene rings is 2. The first kappa shape index (κ1) is 18.9. The molecule has 0 radical (unpaired) electrons. The zero-order valence-corrected chi connectivity index (χ0v) is 16.4. The monoisotopic (exact) mass is 394 g/mol. The second-order valence-corrected chi connectivity index (χ2v) is 7.48. The fourth-order valence-corrected chi connectivity index (χ4v) is 3.45. The number of carbonyl (C=O) groups excluding carboxylic acids is 1. The fraction of sp³-hybridized carbons (Fsp3) is 0.238. The van der Waals surface area contributed by atoms with E-state index in [4.69, 9.17) is 5.73 Å². The van der Waals surface area contributed by atoms with Gasteiger partial charge in [0.05, 0.1) is 17.6 Å². The molecular formula is C21H23FN6O. The molecule has 3 N–H and O–H groups in total. The molecule has 1 aliphatic heterocycles. The lowest BCUT2D eigenvalue weighted by Gasteiger charge is -2.15. The quantitative estimate of drug-likeness (QED) is 0.712. The summed E-state index contributed by atoms with van der Waals surface area (Å²) in [5, 5.41) is 7.11. The van der Waals surface area contributed by atoms with Gasteiger partial charge in [-0.1, -0.05) is 18.2 Å². The maximum absolute atomic E-state index is 13.1. The number of nitrogens with two attached hydrogens (primary N) is 1. The summed E-state index contributed by atoms with van der Waals surface area (Å²) >= 11 is 0. The molecule has 3 aromatic rings. The Kier molecular flexibility index (Phi) is 4.94. The zero-order chi connectivity index (χ0) is 20.5. The van der Waals surface area contributed by atoms with E-state index in [9.17, 15) is 9.18 Å². The highest BCUT2D eigenvalue weighted by molar-refractivity contribution is 5.91. The van der Waals surface area contributed by atoms with Gasteiger partial charge >= 0.3 is 6.03 Å². The van der Waals surface area contributed by atoms with Crippen LogP contribution in [0.25, 0.3) is 5.69 Å². The van der Waals surface area contributed by atoms with Crippen LogP contribution < -0.4 is 11.1 Å². The molecule has 0 spiro atoms. The number of amides is 2. The summed E-state index contributed by atoms with van der Waals surface area (Å²) in [5.74, 6) is -0.0479. The third-order valence-corrected chi connectivity index (χ3v) is 4.84. The Morgan fingerprint density at radius 3 is 2.62 bits per heavy atom. The Labute approximate surface area is 168 Å². The van der Waals surface area contributed by atoms with Gasteiger partial charge in [0, 0.05) is 19.6 Å². The number of rotatable bonds is 4. The lowest BCUT2D eigenvalue weighted by molar-refractivity contribution is 0.212. The first-order valence-electron chi connectivity index (χ1n) is 9.31. The Morgan fingerprint density at radius 2 is 1.90 bits per heavy atom. The molecule has 0 bridgehead atoms. The Bertz CT molecular complexity index is 1040. The zero-order valence-electron chi connectivity index (χ0n) is 16.4. The van der Waals surface area contributed by atoms with Crippen LogP contribution in [-0.2, 0) is 19.6 Å². The minimum Gasteiger partial charge on any atom is -0.394 e. The molecule has 2 aromatic carbocycles. The number of fused-ring (bicyclic) bond motifs is 1. The molecule has 0 aliphatic carbocycles. The summed E-state index contributed by atoms with van der Waals surface area (Å²) in [6.45, 7) is 1.94. The van der Waals surface area contributed by atoms with Crippen molar-refractivity contribution in [2.75, 3.05) is 25.1 Å². The topological polar surface area (TPSA) is 79.4 Å². The Morgan fingerprint density at radius 1 is 1.17 bits per heavy atom. The van der Waals surface area contributed by atoms with Crippen molar-refractivity contribution in [2.45, 2.75) is 19.6 Å². The van der Waals surface area contributed by atoms with Crippen LogP contribution in [0.1, 0.15) is 16.7 Å².